The first-order chi connectivity index (χ1) is 15.6. The van der Waals surface area contributed by atoms with Crippen LogP contribution in [0.5, 0.6) is 5.88 Å². The van der Waals surface area contributed by atoms with Crippen molar-refractivity contribution < 1.29 is 18.7 Å². The van der Waals surface area contributed by atoms with Gasteiger partial charge >= 0.3 is 0 Å². The quantitative estimate of drug-likeness (QED) is 0.617. The second kappa shape index (κ2) is 9.07. The Hall–Kier alpha value is -3.04. The van der Waals surface area contributed by atoms with E-state index in [4.69, 9.17) is 21.1 Å². The number of pyridine rings is 1. The van der Waals surface area contributed by atoms with E-state index in [2.05, 4.69) is 15.0 Å². The third-order valence-corrected chi connectivity index (χ3v) is 5.76. The molecule has 2 aromatic heterocycles. The molecule has 0 aliphatic carbocycles. The number of aromatic nitrogens is 3. The van der Waals surface area contributed by atoms with Crippen molar-refractivity contribution in [2.75, 3.05) is 13.1 Å². The van der Waals surface area contributed by atoms with Gasteiger partial charge in [-0.2, -0.15) is 0 Å². The van der Waals surface area contributed by atoms with Crippen LogP contribution in [0.4, 0.5) is 4.39 Å². The molecular formula is C23H24ClFN4O4. The Kier molecular flexibility index (Phi) is 6.36. The molecule has 1 aromatic carbocycles. The number of amides is 1. The van der Waals surface area contributed by atoms with E-state index in [0.717, 1.165) is 6.07 Å². The number of rotatable bonds is 4. The lowest BCUT2D eigenvalue weighted by Crippen LogP contribution is -2.48. The Morgan fingerprint density at radius 1 is 1.30 bits per heavy atom. The molecule has 3 atom stereocenters. The van der Waals surface area contributed by atoms with Gasteiger partial charge in [0, 0.05) is 29.9 Å². The molecule has 0 saturated carbocycles. The van der Waals surface area contributed by atoms with E-state index >= 15 is 0 Å². The van der Waals surface area contributed by atoms with Crippen molar-refractivity contribution in [1.29, 1.82) is 0 Å². The minimum atomic E-state index is -0.769. The number of nitrogens with one attached hydrogen (secondary N) is 1. The first kappa shape index (κ1) is 23.1. The summed E-state index contributed by atoms with van der Waals surface area (Å²) in [7, 11) is 0. The van der Waals surface area contributed by atoms with Crippen LogP contribution in [-0.4, -0.2) is 51.1 Å². The fourth-order valence-electron chi connectivity index (χ4n) is 3.99. The van der Waals surface area contributed by atoms with Crippen molar-refractivity contribution >= 4 is 28.4 Å². The predicted molar refractivity (Wildman–Crippen MR) is 121 cm³/mol. The minimum absolute atomic E-state index is 0.1000. The zero-order valence-electron chi connectivity index (χ0n) is 18.7. The van der Waals surface area contributed by atoms with Crippen LogP contribution < -0.4 is 10.3 Å². The average molecular weight is 475 g/mol. The van der Waals surface area contributed by atoms with Crippen LogP contribution in [0.1, 0.15) is 48.6 Å². The van der Waals surface area contributed by atoms with Crippen LogP contribution in [0.2, 0.25) is 5.02 Å². The van der Waals surface area contributed by atoms with Crippen LogP contribution >= 0.6 is 11.6 Å². The molecule has 0 spiro atoms. The van der Waals surface area contributed by atoms with Crippen molar-refractivity contribution in [2.45, 2.75) is 46.0 Å². The van der Waals surface area contributed by atoms with Gasteiger partial charge in [0.15, 0.2) is 5.82 Å². The molecule has 1 aliphatic heterocycles. The van der Waals surface area contributed by atoms with Crippen LogP contribution in [0.25, 0.3) is 10.9 Å². The number of nitrogens with zero attached hydrogens (tertiary/aromatic N) is 3. The number of halogens is 2. The third-order valence-electron chi connectivity index (χ3n) is 5.43. The van der Waals surface area contributed by atoms with Gasteiger partial charge in [0.05, 0.1) is 28.7 Å². The molecule has 1 fully saturated rings. The highest BCUT2D eigenvalue weighted by atomic mass is 35.5. The number of benzene rings is 1. The van der Waals surface area contributed by atoms with Crippen LogP contribution in [0, 0.1) is 12.7 Å². The smallest absolute Gasteiger partial charge is 0.258 e. The van der Waals surface area contributed by atoms with Gasteiger partial charge in [0.1, 0.15) is 11.9 Å². The maximum atomic E-state index is 14.8. The predicted octanol–water partition coefficient (Wildman–Crippen LogP) is 3.81. The Bertz CT molecular complexity index is 1270. The van der Waals surface area contributed by atoms with E-state index in [9.17, 15) is 14.0 Å². The molecule has 3 heterocycles. The van der Waals surface area contributed by atoms with E-state index in [0.29, 0.717) is 40.4 Å². The molecule has 1 N–H and O–H groups in total. The lowest BCUT2D eigenvalue weighted by molar-refractivity contribution is -0.0586. The van der Waals surface area contributed by atoms with E-state index in [1.54, 1.807) is 30.9 Å². The normalized spacial score (nSPS) is 19.5. The number of ether oxygens (including phenoxy) is 2. The lowest BCUT2D eigenvalue weighted by Gasteiger charge is -2.35. The second-order valence-corrected chi connectivity index (χ2v) is 8.69. The molecule has 0 unspecified atom stereocenters. The van der Waals surface area contributed by atoms with Gasteiger partial charge in [-0.1, -0.05) is 11.6 Å². The first-order valence-electron chi connectivity index (χ1n) is 10.6. The van der Waals surface area contributed by atoms with Gasteiger partial charge in [-0.3, -0.25) is 9.59 Å². The molecule has 0 bridgehead atoms. The maximum absolute atomic E-state index is 14.8. The summed E-state index contributed by atoms with van der Waals surface area (Å²) in [5.41, 5.74) is 0.765. The second-order valence-electron chi connectivity index (χ2n) is 8.28. The number of aryl methyl sites for hydroxylation is 1. The van der Waals surface area contributed by atoms with Crippen LogP contribution in [-0.2, 0) is 4.74 Å². The zero-order chi connectivity index (χ0) is 23.9. The standard InChI is InChI=1S/C23H24ClFN4O4/c1-11-9-29(10-12(2)32-11)23(31)15-5-19(25)22(26-8-15)33-13(3)16-6-17-20(7-18(16)24)27-14(4)28-21(17)30/h5-8,11-13H,9-10H2,1-4H3,(H,27,28,30)/t11-,12+,13-/m0/s1. The topological polar surface area (TPSA) is 97.4 Å². The van der Waals surface area contributed by atoms with Crippen molar-refractivity contribution in [3.8, 4) is 5.88 Å². The Labute approximate surface area is 194 Å². The average Bonchev–Trinajstić information content (AvgIpc) is 2.73. The number of aromatic amines is 1. The molecule has 0 radical (unpaired) electrons. The molecule has 33 heavy (non-hydrogen) atoms. The molecular weight excluding hydrogens is 451 g/mol. The van der Waals surface area contributed by atoms with Crippen LogP contribution in [0.3, 0.4) is 0 Å². The monoisotopic (exact) mass is 474 g/mol. The van der Waals surface area contributed by atoms with Gasteiger partial charge < -0.3 is 19.4 Å². The van der Waals surface area contributed by atoms with E-state index in [1.165, 1.54) is 6.20 Å². The molecule has 1 aliphatic rings. The summed E-state index contributed by atoms with van der Waals surface area (Å²) in [5.74, 6) is -0.880. The number of fused-ring (bicyclic) bond motifs is 1. The van der Waals surface area contributed by atoms with Gasteiger partial charge in [-0.15, -0.1) is 0 Å². The Morgan fingerprint density at radius 3 is 2.67 bits per heavy atom. The number of H-pyrrole nitrogens is 1. The SMILES string of the molecule is Cc1nc2cc(Cl)c([C@H](C)Oc3ncc(C(=O)N4C[C@@H](C)O[C@@H](C)C4)cc3F)cc2c(=O)[nH]1. The van der Waals surface area contributed by atoms with Crippen molar-refractivity contribution in [2.24, 2.45) is 0 Å². The van der Waals surface area contributed by atoms with Gasteiger partial charge in [0.2, 0.25) is 0 Å². The highest BCUT2D eigenvalue weighted by Gasteiger charge is 2.27. The highest BCUT2D eigenvalue weighted by molar-refractivity contribution is 6.32. The fourth-order valence-corrected chi connectivity index (χ4v) is 4.30. The minimum Gasteiger partial charge on any atom is -0.468 e. The van der Waals surface area contributed by atoms with E-state index in [1.807, 2.05) is 13.8 Å². The number of morpholine rings is 1. The summed E-state index contributed by atoms with van der Waals surface area (Å²) >= 11 is 6.38. The number of carbonyl (C=O) groups excluding carboxylic acids is 1. The maximum Gasteiger partial charge on any atom is 0.258 e. The molecule has 1 saturated heterocycles. The van der Waals surface area contributed by atoms with Gasteiger partial charge in [0.25, 0.3) is 17.3 Å². The molecule has 10 heteroatoms. The third kappa shape index (κ3) is 4.84. The molecule has 1 amide bonds. The number of hydrogen-bond acceptors (Lipinski definition) is 6. The van der Waals surface area contributed by atoms with Gasteiger partial charge in [-0.05, 0) is 45.9 Å². The zero-order valence-corrected chi connectivity index (χ0v) is 19.4. The molecule has 4 rings (SSSR count). The van der Waals surface area contributed by atoms with Crippen molar-refractivity contribution in [3.63, 3.8) is 0 Å². The van der Waals surface area contributed by atoms with Crippen molar-refractivity contribution in [3.05, 3.63) is 62.5 Å². The molecule has 8 nitrogen and oxygen atoms in total. The van der Waals surface area contributed by atoms with Crippen LogP contribution in [0.15, 0.2) is 29.2 Å². The van der Waals surface area contributed by atoms with E-state index in [-0.39, 0.29) is 35.1 Å². The van der Waals surface area contributed by atoms with Crippen molar-refractivity contribution in [1.82, 2.24) is 19.9 Å². The summed E-state index contributed by atoms with van der Waals surface area (Å²) in [5, 5.41) is 0.675. The number of carbonyl (C=O) groups is 1. The summed E-state index contributed by atoms with van der Waals surface area (Å²) in [6.45, 7) is 7.96. The summed E-state index contributed by atoms with van der Waals surface area (Å²) in [6.07, 6.45) is 0.374. The van der Waals surface area contributed by atoms with E-state index < -0.39 is 11.9 Å². The summed E-state index contributed by atoms with van der Waals surface area (Å²) < 4.78 is 26.1. The first-order valence-corrected chi connectivity index (χ1v) is 11.0. The Morgan fingerprint density at radius 2 is 2.00 bits per heavy atom. The summed E-state index contributed by atoms with van der Waals surface area (Å²) in [6, 6.07) is 4.26. The molecule has 3 aromatic rings. The number of hydrogen-bond donors (Lipinski definition) is 1. The Balaban J connectivity index is 1.55. The van der Waals surface area contributed by atoms with Gasteiger partial charge in [-0.25, -0.2) is 14.4 Å². The lowest BCUT2D eigenvalue weighted by atomic mass is 10.1. The molecule has 174 valence electrons. The highest BCUT2D eigenvalue weighted by Crippen LogP contribution is 2.30. The largest absolute Gasteiger partial charge is 0.468 e. The summed E-state index contributed by atoms with van der Waals surface area (Å²) in [4.78, 5) is 37.6. The fraction of sp³-hybridized carbons (Fsp3) is 0.391.